The molecule has 1 aromatic carbocycles. The van der Waals surface area contributed by atoms with Gasteiger partial charge in [-0.25, -0.2) is 0 Å². The van der Waals surface area contributed by atoms with E-state index >= 15 is 0 Å². The van der Waals surface area contributed by atoms with Crippen LogP contribution in [-0.2, 0) is 12.8 Å². The molecule has 7 heteroatoms. The van der Waals surface area contributed by atoms with Crippen molar-refractivity contribution in [1.82, 2.24) is 10.2 Å². The summed E-state index contributed by atoms with van der Waals surface area (Å²) in [4.78, 5) is 14.6. The molecule has 0 unspecified atom stereocenters. The highest BCUT2D eigenvalue weighted by Crippen LogP contribution is 2.37. The van der Waals surface area contributed by atoms with Crippen molar-refractivity contribution in [3.05, 3.63) is 46.3 Å². The normalized spacial score (nSPS) is 16.4. The van der Waals surface area contributed by atoms with Crippen molar-refractivity contribution in [3.63, 3.8) is 0 Å². The van der Waals surface area contributed by atoms with E-state index in [0.717, 1.165) is 23.6 Å². The van der Waals surface area contributed by atoms with Gasteiger partial charge in [0.05, 0.1) is 10.6 Å². The minimum atomic E-state index is -0.0460. The number of carbonyl (C=O) groups is 1. The maximum atomic E-state index is 12.2. The van der Waals surface area contributed by atoms with Gasteiger partial charge in [-0.15, -0.1) is 21.5 Å². The summed E-state index contributed by atoms with van der Waals surface area (Å²) in [5.41, 5.74) is 1.95. The van der Waals surface area contributed by atoms with Gasteiger partial charge in [-0.3, -0.25) is 4.79 Å². The van der Waals surface area contributed by atoms with Gasteiger partial charge in [-0.2, -0.15) is 0 Å². The molecular weight excluding hydrogens is 368 g/mol. The molecule has 134 valence electrons. The molecule has 26 heavy (non-hydrogen) atoms. The summed E-state index contributed by atoms with van der Waals surface area (Å²) in [6.07, 6.45) is 3.47. The van der Waals surface area contributed by atoms with E-state index in [1.54, 1.807) is 23.5 Å². The van der Waals surface area contributed by atoms with Crippen LogP contribution in [0.2, 0.25) is 0 Å². The number of phenols is 1. The highest BCUT2D eigenvalue weighted by Gasteiger charge is 2.21. The topological polar surface area (TPSA) is 76.2 Å². The zero-order valence-electron chi connectivity index (χ0n) is 14.3. The van der Waals surface area contributed by atoms with E-state index in [4.69, 9.17) is 4.42 Å². The molecular formula is C19H18N2O3S2. The Morgan fingerprint density at radius 1 is 1.35 bits per heavy atom. The van der Waals surface area contributed by atoms with E-state index in [2.05, 4.69) is 23.2 Å². The summed E-state index contributed by atoms with van der Waals surface area (Å²) >= 11 is 2.96. The van der Waals surface area contributed by atoms with Crippen LogP contribution >= 0.6 is 23.1 Å². The Labute approximate surface area is 159 Å². The molecule has 1 aliphatic rings. The van der Waals surface area contributed by atoms with E-state index < -0.39 is 0 Å². The number of hydrogen-bond acceptors (Lipinski definition) is 7. The van der Waals surface area contributed by atoms with Crippen molar-refractivity contribution in [2.45, 2.75) is 31.4 Å². The molecule has 4 rings (SSSR count). The van der Waals surface area contributed by atoms with Crippen LogP contribution in [-0.4, -0.2) is 26.8 Å². The first-order valence-corrected chi connectivity index (χ1v) is 10.3. The summed E-state index contributed by atoms with van der Waals surface area (Å²) in [6, 6.07) is 8.38. The molecule has 0 bridgehead atoms. The Morgan fingerprint density at radius 2 is 2.15 bits per heavy atom. The molecule has 0 radical (unpaired) electrons. The fraction of sp³-hybridized carbons (Fsp3) is 0.316. The Morgan fingerprint density at radius 3 is 2.96 bits per heavy atom. The number of fused-ring (bicyclic) bond motifs is 1. The molecule has 5 nitrogen and oxygen atoms in total. The number of nitrogens with zero attached hydrogens (tertiary/aromatic N) is 2. The number of benzene rings is 1. The summed E-state index contributed by atoms with van der Waals surface area (Å²) in [5.74, 6) is 1.56. The molecule has 2 aromatic heterocycles. The lowest BCUT2D eigenvalue weighted by Gasteiger charge is -2.16. The summed E-state index contributed by atoms with van der Waals surface area (Å²) in [7, 11) is 0. The fourth-order valence-electron chi connectivity index (χ4n) is 3.04. The summed E-state index contributed by atoms with van der Waals surface area (Å²) in [5, 5.41) is 17.9. The highest BCUT2D eigenvalue weighted by atomic mass is 32.2. The number of aromatic hydroxyl groups is 1. The number of carbonyl (C=O) groups excluding carboxylic acids is 1. The third kappa shape index (κ3) is 3.68. The number of hydrogen-bond donors (Lipinski definition) is 1. The predicted molar refractivity (Wildman–Crippen MR) is 102 cm³/mol. The number of rotatable bonds is 5. The van der Waals surface area contributed by atoms with Crippen molar-refractivity contribution in [2.24, 2.45) is 5.92 Å². The van der Waals surface area contributed by atoms with Gasteiger partial charge in [0.2, 0.25) is 0 Å². The van der Waals surface area contributed by atoms with Crippen molar-refractivity contribution >= 4 is 28.9 Å². The van der Waals surface area contributed by atoms with Crippen LogP contribution in [0.25, 0.3) is 10.8 Å². The number of aromatic nitrogens is 2. The molecule has 0 spiro atoms. The van der Waals surface area contributed by atoms with Gasteiger partial charge in [0, 0.05) is 10.4 Å². The van der Waals surface area contributed by atoms with E-state index in [1.807, 2.05) is 0 Å². The Balaban J connectivity index is 1.42. The average Bonchev–Trinajstić information content (AvgIpc) is 3.26. The molecule has 1 atom stereocenters. The van der Waals surface area contributed by atoms with Crippen LogP contribution < -0.4 is 0 Å². The average molecular weight is 386 g/mol. The van der Waals surface area contributed by atoms with Gasteiger partial charge < -0.3 is 9.52 Å². The largest absolute Gasteiger partial charge is 0.508 e. The third-order valence-electron chi connectivity index (χ3n) is 4.46. The molecule has 0 aliphatic heterocycles. The summed E-state index contributed by atoms with van der Waals surface area (Å²) < 4.78 is 5.74. The van der Waals surface area contributed by atoms with E-state index in [1.165, 1.54) is 40.8 Å². The van der Waals surface area contributed by atoms with Gasteiger partial charge in [0.25, 0.3) is 11.1 Å². The molecule has 0 saturated carbocycles. The molecule has 2 heterocycles. The lowest BCUT2D eigenvalue weighted by Crippen LogP contribution is -2.07. The van der Waals surface area contributed by atoms with Crippen LogP contribution in [0.5, 0.6) is 5.75 Å². The maximum Gasteiger partial charge on any atom is 0.277 e. The van der Waals surface area contributed by atoms with E-state index in [0.29, 0.717) is 16.7 Å². The first-order chi connectivity index (χ1) is 12.6. The molecule has 1 N–H and O–H groups in total. The Kier molecular flexibility index (Phi) is 4.82. The van der Waals surface area contributed by atoms with Crippen molar-refractivity contribution in [1.29, 1.82) is 0 Å². The Hall–Kier alpha value is -2.12. The molecule has 0 amide bonds. The first kappa shape index (κ1) is 17.3. The van der Waals surface area contributed by atoms with Crippen LogP contribution in [0, 0.1) is 5.92 Å². The number of aryl methyl sites for hydroxylation is 1. The standard InChI is InChI=1S/C19H18N2O3S2/c1-11-2-7-16-13(8-11)9-17(26-16)18-20-21-19(24-18)25-10-15(23)12-3-5-14(22)6-4-12/h3-6,9,11,22H,2,7-8,10H2,1H3/t11-/m0/s1. The van der Waals surface area contributed by atoms with Crippen molar-refractivity contribution in [2.75, 3.05) is 5.75 Å². The van der Waals surface area contributed by atoms with Crippen molar-refractivity contribution in [3.8, 4) is 16.5 Å². The third-order valence-corrected chi connectivity index (χ3v) is 6.51. The second kappa shape index (κ2) is 7.25. The minimum absolute atomic E-state index is 0.0460. The van der Waals surface area contributed by atoms with E-state index in [-0.39, 0.29) is 17.3 Å². The fourth-order valence-corrected chi connectivity index (χ4v) is 4.82. The molecule has 0 saturated heterocycles. The molecule has 0 fully saturated rings. The monoisotopic (exact) mass is 386 g/mol. The van der Waals surface area contributed by atoms with Crippen LogP contribution in [0.4, 0.5) is 0 Å². The molecule has 3 aromatic rings. The number of ketones is 1. The zero-order chi connectivity index (χ0) is 18.1. The van der Waals surface area contributed by atoms with Crippen LogP contribution in [0.1, 0.15) is 34.1 Å². The van der Waals surface area contributed by atoms with Gasteiger partial charge in [0.1, 0.15) is 5.75 Å². The second-order valence-electron chi connectivity index (χ2n) is 6.54. The van der Waals surface area contributed by atoms with Gasteiger partial charge >= 0.3 is 0 Å². The first-order valence-electron chi connectivity index (χ1n) is 8.49. The minimum Gasteiger partial charge on any atom is -0.508 e. The zero-order valence-corrected chi connectivity index (χ0v) is 15.9. The lowest BCUT2D eigenvalue weighted by atomic mass is 9.90. The second-order valence-corrected chi connectivity index (χ2v) is 8.60. The Bertz CT molecular complexity index is 931. The lowest BCUT2D eigenvalue weighted by molar-refractivity contribution is 0.102. The van der Waals surface area contributed by atoms with Crippen LogP contribution in [0.3, 0.4) is 0 Å². The molecule has 1 aliphatic carbocycles. The summed E-state index contributed by atoms with van der Waals surface area (Å²) in [6.45, 7) is 2.28. The van der Waals surface area contributed by atoms with Gasteiger partial charge in [-0.05, 0) is 61.1 Å². The quantitative estimate of drug-likeness (QED) is 0.510. The van der Waals surface area contributed by atoms with Crippen molar-refractivity contribution < 1.29 is 14.3 Å². The van der Waals surface area contributed by atoms with Gasteiger partial charge in [-0.1, -0.05) is 18.7 Å². The number of thioether (sulfide) groups is 1. The predicted octanol–water partition coefficient (Wildman–Crippen LogP) is 4.60. The SMILES string of the molecule is C[C@H]1CCc2sc(-c3nnc(SCC(=O)c4ccc(O)cc4)o3)cc2C1. The van der Waals surface area contributed by atoms with E-state index in [9.17, 15) is 9.90 Å². The van der Waals surface area contributed by atoms with Crippen LogP contribution in [0.15, 0.2) is 40.0 Å². The van der Waals surface area contributed by atoms with Gasteiger partial charge in [0.15, 0.2) is 5.78 Å². The number of thiophene rings is 1. The number of phenolic OH excluding ortho intramolecular Hbond substituents is 1. The number of Topliss-reactive ketones (excluding diaryl/α,β-unsaturated/α-hetero) is 1. The maximum absolute atomic E-state index is 12.2. The highest BCUT2D eigenvalue weighted by molar-refractivity contribution is 7.99. The smallest absolute Gasteiger partial charge is 0.277 e.